The summed E-state index contributed by atoms with van der Waals surface area (Å²) in [4.78, 5) is 0. The van der Waals surface area contributed by atoms with Crippen LogP contribution >= 0.6 is 0 Å². The molecule has 190 valence electrons. The van der Waals surface area contributed by atoms with Gasteiger partial charge in [0.2, 0.25) is 0 Å². The second-order valence-corrected chi connectivity index (χ2v) is 10.7. The minimum atomic E-state index is -1.51. The van der Waals surface area contributed by atoms with Gasteiger partial charge in [0, 0.05) is 5.41 Å². The predicted octanol–water partition coefficient (Wildman–Crippen LogP) is 4.53. The molecule has 4 N–H and O–H groups in total. The molecule has 4 nitrogen and oxygen atoms in total. The summed E-state index contributed by atoms with van der Waals surface area (Å²) in [5, 5.41) is 40.1. The molecular formula is C29H44B2O4. The quantitative estimate of drug-likeness (QED) is 0.301. The first-order chi connectivity index (χ1) is 16.8. The van der Waals surface area contributed by atoms with Crippen molar-refractivity contribution < 1.29 is 20.1 Å². The van der Waals surface area contributed by atoms with Gasteiger partial charge in [-0.1, -0.05) is 115 Å². The number of unbranched alkanes of at least 4 members (excludes halogenated alkanes) is 2. The lowest BCUT2D eigenvalue weighted by molar-refractivity contribution is 0.266. The highest BCUT2D eigenvalue weighted by atomic mass is 16.4. The average molecular weight is 478 g/mol. The summed E-state index contributed by atoms with van der Waals surface area (Å²) in [5.74, 6) is 1.09. The van der Waals surface area contributed by atoms with E-state index in [1.54, 1.807) is 12.1 Å². The standard InChI is InChI=1S/C29H44B2O4/c1-5-9-11-21(7-3)19-29(20-22(8-4)12-10-6-2)27-17-23(30(32)33)13-15-25(27)26-16-14-24(31(34)35)18-28(26)29/h13-18,21-22,32-35H,5-12,19-20H2,1-4H3/t21-,22-/m0/s1. The summed E-state index contributed by atoms with van der Waals surface area (Å²) in [6, 6.07) is 11.7. The minimum absolute atomic E-state index is 0.288. The van der Waals surface area contributed by atoms with Crippen LogP contribution in [-0.2, 0) is 5.41 Å². The fraction of sp³-hybridized carbons (Fsp3) is 0.586. The van der Waals surface area contributed by atoms with Crippen LogP contribution in [0.15, 0.2) is 36.4 Å². The molecule has 0 saturated carbocycles. The van der Waals surface area contributed by atoms with E-state index in [0.29, 0.717) is 22.8 Å². The van der Waals surface area contributed by atoms with Crippen LogP contribution in [0.4, 0.5) is 0 Å². The molecule has 0 spiro atoms. The van der Waals surface area contributed by atoms with E-state index in [2.05, 4.69) is 27.7 Å². The van der Waals surface area contributed by atoms with Crippen molar-refractivity contribution in [3.8, 4) is 11.1 Å². The Balaban J connectivity index is 2.25. The average Bonchev–Trinajstić information content (AvgIpc) is 3.12. The summed E-state index contributed by atoms with van der Waals surface area (Å²) in [7, 11) is -3.03. The van der Waals surface area contributed by atoms with Gasteiger partial charge in [0.1, 0.15) is 0 Å². The van der Waals surface area contributed by atoms with E-state index < -0.39 is 14.2 Å². The molecule has 0 bridgehead atoms. The zero-order valence-electron chi connectivity index (χ0n) is 22.1. The first-order valence-corrected chi connectivity index (χ1v) is 13.8. The highest BCUT2D eigenvalue weighted by molar-refractivity contribution is 6.59. The first-order valence-electron chi connectivity index (χ1n) is 13.8. The molecule has 0 heterocycles. The number of fused-ring (bicyclic) bond motifs is 3. The van der Waals surface area contributed by atoms with Crippen molar-refractivity contribution in [1.82, 2.24) is 0 Å². The van der Waals surface area contributed by atoms with Gasteiger partial charge in [0.15, 0.2) is 0 Å². The van der Waals surface area contributed by atoms with Gasteiger partial charge in [-0.15, -0.1) is 0 Å². The zero-order valence-corrected chi connectivity index (χ0v) is 22.1. The van der Waals surface area contributed by atoms with E-state index in [9.17, 15) is 20.1 Å². The molecule has 2 aromatic carbocycles. The van der Waals surface area contributed by atoms with Crippen molar-refractivity contribution in [2.75, 3.05) is 0 Å². The topological polar surface area (TPSA) is 80.9 Å². The van der Waals surface area contributed by atoms with Gasteiger partial charge in [0.25, 0.3) is 0 Å². The summed E-state index contributed by atoms with van der Waals surface area (Å²) in [5.41, 5.74) is 5.37. The molecule has 0 amide bonds. The monoisotopic (exact) mass is 478 g/mol. The third kappa shape index (κ3) is 6.05. The molecule has 0 radical (unpaired) electrons. The SMILES string of the molecule is CCCC[C@H](CC)CC1(C[C@@H](CC)CCCC)c2cc(B(O)O)ccc2-c2ccc(B(O)O)cc21. The van der Waals surface area contributed by atoms with Gasteiger partial charge >= 0.3 is 14.2 Å². The minimum Gasteiger partial charge on any atom is -0.423 e. The second-order valence-electron chi connectivity index (χ2n) is 10.7. The Kier molecular flexibility index (Phi) is 10.1. The maximum atomic E-state index is 10.0. The number of benzene rings is 2. The molecule has 6 heteroatoms. The van der Waals surface area contributed by atoms with E-state index in [1.165, 1.54) is 49.7 Å². The Morgan fingerprint density at radius 1 is 0.657 bits per heavy atom. The maximum Gasteiger partial charge on any atom is 0.488 e. The second kappa shape index (κ2) is 12.6. The molecule has 0 aliphatic heterocycles. The van der Waals surface area contributed by atoms with E-state index >= 15 is 0 Å². The highest BCUT2D eigenvalue weighted by Crippen LogP contribution is 2.55. The van der Waals surface area contributed by atoms with Crippen LogP contribution in [0, 0.1) is 11.8 Å². The van der Waals surface area contributed by atoms with E-state index in [-0.39, 0.29) is 5.41 Å². The predicted molar refractivity (Wildman–Crippen MR) is 148 cm³/mol. The number of hydrogen-bond donors (Lipinski definition) is 4. The van der Waals surface area contributed by atoms with Crippen LogP contribution < -0.4 is 10.9 Å². The summed E-state index contributed by atoms with van der Waals surface area (Å²) < 4.78 is 0. The van der Waals surface area contributed by atoms with Crippen LogP contribution in [0.5, 0.6) is 0 Å². The number of hydrogen-bond acceptors (Lipinski definition) is 4. The summed E-state index contributed by atoms with van der Waals surface area (Å²) >= 11 is 0. The molecule has 35 heavy (non-hydrogen) atoms. The molecule has 1 aliphatic rings. The lowest BCUT2D eigenvalue weighted by Gasteiger charge is -2.39. The summed E-state index contributed by atoms with van der Waals surface area (Å²) in [6.45, 7) is 9.04. The van der Waals surface area contributed by atoms with E-state index in [1.807, 2.05) is 24.3 Å². The molecule has 2 atom stereocenters. The molecule has 0 fully saturated rings. The van der Waals surface area contributed by atoms with Crippen molar-refractivity contribution in [3.63, 3.8) is 0 Å². The van der Waals surface area contributed by atoms with Crippen molar-refractivity contribution in [2.24, 2.45) is 11.8 Å². The van der Waals surface area contributed by atoms with Gasteiger partial charge < -0.3 is 20.1 Å². The lowest BCUT2D eigenvalue weighted by atomic mass is 9.63. The van der Waals surface area contributed by atoms with Gasteiger partial charge in [-0.3, -0.25) is 0 Å². The van der Waals surface area contributed by atoms with Crippen molar-refractivity contribution in [1.29, 1.82) is 0 Å². The van der Waals surface area contributed by atoms with Crippen molar-refractivity contribution in [3.05, 3.63) is 47.5 Å². The molecule has 0 unspecified atom stereocenters. The largest absolute Gasteiger partial charge is 0.488 e. The molecule has 1 aliphatic carbocycles. The first kappa shape index (κ1) is 28.0. The highest BCUT2D eigenvalue weighted by Gasteiger charge is 2.46. The third-order valence-electron chi connectivity index (χ3n) is 8.37. The van der Waals surface area contributed by atoms with Gasteiger partial charge in [-0.05, 0) is 57.9 Å². The zero-order chi connectivity index (χ0) is 25.6. The Morgan fingerprint density at radius 2 is 1.06 bits per heavy atom. The van der Waals surface area contributed by atoms with Crippen LogP contribution in [0.25, 0.3) is 11.1 Å². The van der Waals surface area contributed by atoms with Gasteiger partial charge in [0.05, 0.1) is 0 Å². The van der Waals surface area contributed by atoms with E-state index in [4.69, 9.17) is 0 Å². The normalized spacial score (nSPS) is 15.4. The van der Waals surface area contributed by atoms with E-state index in [0.717, 1.165) is 36.8 Å². The third-order valence-corrected chi connectivity index (χ3v) is 8.37. The number of rotatable bonds is 14. The smallest absolute Gasteiger partial charge is 0.423 e. The molecular weight excluding hydrogens is 434 g/mol. The molecule has 0 aromatic heterocycles. The fourth-order valence-electron chi connectivity index (χ4n) is 6.25. The van der Waals surface area contributed by atoms with Crippen LogP contribution in [0.3, 0.4) is 0 Å². The molecule has 0 saturated heterocycles. The lowest BCUT2D eigenvalue weighted by Crippen LogP contribution is -2.36. The Morgan fingerprint density at radius 3 is 1.37 bits per heavy atom. The van der Waals surface area contributed by atoms with Crippen LogP contribution in [0.1, 0.15) is 103 Å². The maximum absolute atomic E-state index is 10.0. The van der Waals surface area contributed by atoms with Crippen molar-refractivity contribution >= 4 is 25.2 Å². The Labute approximate surface area is 213 Å². The van der Waals surface area contributed by atoms with Gasteiger partial charge in [-0.2, -0.15) is 0 Å². The van der Waals surface area contributed by atoms with Crippen molar-refractivity contribution in [2.45, 2.75) is 97.3 Å². The van der Waals surface area contributed by atoms with Crippen LogP contribution in [-0.4, -0.2) is 34.3 Å². The molecule has 2 aromatic rings. The van der Waals surface area contributed by atoms with Gasteiger partial charge in [-0.25, -0.2) is 0 Å². The Bertz CT molecular complexity index is 882. The Hall–Kier alpha value is -1.59. The molecule has 3 rings (SSSR count). The summed E-state index contributed by atoms with van der Waals surface area (Å²) in [6.07, 6.45) is 11.3. The fourth-order valence-corrected chi connectivity index (χ4v) is 6.25. The van der Waals surface area contributed by atoms with Crippen LogP contribution in [0.2, 0.25) is 0 Å².